The third-order valence-electron chi connectivity index (χ3n) is 4.46. The van der Waals surface area contributed by atoms with Crippen LogP contribution in [-0.4, -0.2) is 29.7 Å². The summed E-state index contributed by atoms with van der Waals surface area (Å²) in [6.45, 7) is 9.35. The van der Waals surface area contributed by atoms with Gasteiger partial charge in [-0.05, 0) is 26.3 Å². The van der Waals surface area contributed by atoms with Gasteiger partial charge in [-0.2, -0.15) is 0 Å². The molecule has 1 fully saturated rings. The highest BCUT2D eigenvalue weighted by Crippen LogP contribution is 2.29. The van der Waals surface area contributed by atoms with Crippen LogP contribution in [0.1, 0.15) is 41.6 Å². The van der Waals surface area contributed by atoms with E-state index in [-0.39, 0.29) is 0 Å². The van der Waals surface area contributed by atoms with Crippen molar-refractivity contribution >= 4 is 0 Å². The molecular weight excluding hydrogens is 262 g/mol. The number of hydrogen-bond acceptors (Lipinski definition) is 4. The number of nitrogens with zero attached hydrogens (tertiary/aromatic N) is 2. The number of hydrogen-bond donors (Lipinski definition) is 1. The molecule has 4 nitrogen and oxygen atoms in total. The molecule has 21 heavy (non-hydrogen) atoms. The highest BCUT2D eigenvalue weighted by atomic mass is 16.5. The number of rotatable bonds is 3. The minimum Gasteiger partial charge on any atom is -0.361 e. The molecule has 1 saturated heterocycles. The van der Waals surface area contributed by atoms with Crippen molar-refractivity contribution < 1.29 is 4.52 Å². The number of piperazine rings is 1. The second kappa shape index (κ2) is 6.00. The first-order chi connectivity index (χ1) is 10.2. The van der Waals surface area contributed by atoms with E-state index in [2.05, 4.69) is 52.6 Å². The Labute approximate surface area is 126 Å². The summed E-state index contributed by atoms with van der Waals surface area (Å²) < 4.78 is 5.33. The Bertz CT molecular complexity index is 574. The van der Waals surface area contributed by atoms with E-state index in [0.29, 0.717) is 12.1 Å². The van der Waals surface area contributed by atoms with Crippen LogP contribution in [0.2, 0.25) is 0 Å². The largest absolute Gasteiger partial charge is 0.361 e. The SMILES string of the molecule is Cc1noc(C)c1C(C)N1CCNC(c2ccccc2)C1. The minimum absolute atomic E-state index is 0.338. The average molecular weight is 285 g/mol. The number of nitrogens with one attached hydrogen (secondary N) is 1. The molecule has 0 bridgehead atoms. The van der Waals surface area contributed by atoms with Gasteiger partial charge in [0, 0.05) is 37.3 Å². The van der Waals surface area contributed by atoms with Crippen molar-refractivity contribution in [2.45, 2.75) is 32.9 Å². The van der Waals surface area contributed by atoms with Crippen molar-refractivity contribution in [3.8, 4) is 0 Å². The van der Waals surface area contributed by atoms with E-state index in [9.17, 15) is 0 Å². The lowest BCUT2D eigenvalue weighted by molar-refractivity contribution is 0.152. The lowest BCUT2D eigenvalue weighted by atomic mass is 10.0. The van der Waals surface area contributed by atoms with Gasteiger partial charge in [0.05, 0.1) is 5.69 Å². The first-order valence-electron chi connectivity index (χ1n) is 7.62. The van der Waals surface area contributed by atoms with Gasteiger partial charge >= 0.3 is 0 Å². The van der Waals surface area contributed by atoms with Crippen LogP contribution in [0, 0.1) is 13.8 Å². The summed E-state index contributed by atoms with van der Waals surface area (Å²) >= 11 is 0. The molecule has 3 rings (SSSR count). The van der Waals surface area contributed by atoms with Crippen molar-refractivity contribution in [1.29, 1.82) is 0 Å². The molecule has 1 aromatic heterocycles. The molecule has 0 amide bonds. The first kappa shape index (κ1) is 14.3. The van der Waals surface area contributed by atoms with Crippen molar-refractivity contribution in [2.75, 3.05) is 19.6 Å². The summed E-state index contributed by atoms with van der Waals surface area (Å²) in [5.41, 5.74) is 3.60. The Balaban J connectivity index is 1.77. The molecule has 1 aliphatic rings. The molecule has 1 aromatic carbocycles. The zero-order valence-electron chi connectivity index (χ0n) is 13.0. The molecule has 2 aromatic rings. The molecule has 0 radical (unpaired) electrons. The number of benzene rings is 1. The van der Waals surface area contributed by atoms with Gasteiger partial charge in [0.1, 0.15) is 5.76 Å². The maximum absolute atomic E-state index is 5.33. The molecule has 2 unspecified atom stereocenters. The second-order valence-corrected chi connectivity index (χ2v) is 5.83. The minimum atomic E-state index is 0.338. The summed E-state index contributed by atoms with van der Waals surface area (Å²) in [5.74, 6) is 0.940. The lowest BCUT2D eigenvalue weighted by Gasteiger charge is -2.37. The lowest BCUT2D eigenvalue weighted by Crippen LogP contribution is -2.46. The van der Waals surface area contributed by atoms with Gasteiger partial charge in [0.2, 0.25) is 0 Å². The van der Waals surface area contributed by atoms with Crippen molar-refractivity contribution in [3.63, 3.8) is 0 Å². The molecule has 2 heterocycles. The smallest absolute Gasteiger partial charge is 0.138 e. The predicted molar refractivity (Wildman–Crippen MR) is 83.2 cm³/mol. The topological polar surface area (TPSA) is 41.3 Å². The van der Waals surface area contributed by atoms with Crippen molar-refractivity contribution in [3.05, 3.63) is 52.9 Å². The van der Waals surface area contributed by atoms with Crippen LogP contribution in [-0.2, 0) is 0 Å². The van der Waals surface area contributed by atoms with Gasteiger partial charge in [-0.25, -0.2) is 0 Å². The van der Waals surface area contributed by atoms with Crippen molar-refractivity contribution in [2.24, 2.45) is 0 Å². The Morgan fingerprint density at radius 1 is 1.29 bits per heavy atom. The normalized spacial score (nSPS) is 21.4. The van der Waals surface area contributed by atoms with Crippen molar-refractivity contribution in [1.82, 2.24) is 15.4 Å². The molecule has 1 aliphatic heterocycles. The molecule has 0 aliphatic carbocycles. The molecule has 0 saturated carbocycles. The van der Waals surface area contributed by atoms with Gasteiger partial charge in [-0.1, -0.05) is 35.5 Å². The fraction of sp³-hybridized carbons (Fsp3) is 0.471. The number of aromatic nitrogens is 1. The van der Waals surface area contributed by atoms with E-state index in [4.69, 9.17) is 4.52 Å². The summed E-state index contributed by atoms with van der Waals surface area (Å²) in [5, 5.41) is 7.71. The monoisotopic (exact) mass is 285 g/mol. The van der Waals surface area contributed by atoms with Gasteiger partial charge in [-0.3, -0.25) is 4.90 Å². The molecule has 2 atom stereocenters. The van der Waals surface area contributed by atoms with Crippen LogP contribution < -0.4 is 5.32 Å². The fourth-order valence-electron chi connectivity index (χ4n) is 3.30. The number of aryl methyl sites for hydroxylation is 2. The molecule has 4 heteroatoms. The van der Waals surface area contributed by atoms with Gasteiger partial charge in [0.15, 0.2) is 0 Å². The summed E-state index contributed by atoms with van der Waals surface area (Å²) in [6, 6.07) is 11.4. The van der Waals surface area contributed by atoms with E-state index >= 15 is 0 Å². The fourth-order valence-corrected chi connectivity index (χ4v) is 3.30. The summed E-state index contributed by atoms with van der Waals surface area (Å²) in [6.07, 6.45) is 0. The predicted octanol–water partition coefficient (Wildman–Crippen LogP) is 3.00. The summed E-state index contributed by atoms with van der Waals surface area (Å²) in [7, 11) is 0. The Kier molecular flexibility index (Phi) is 4.08. The maximum Gasteiger partial charge on any atom is 0.138 e. The highest BCUT2D eigenvalue weighted by Gasteiger charge is 2.27. The first-order valence-corrected chi connectivity index (χ1v) is 7.62. The maximum atomic E-state index is 5.33. The molecule has 1 N–H and O–H groups in total. The summed E-state index contributed by atoms with van der Waals surface area (Å²) in [4.78, 5) is 2.51. The Morgan fingerprint density at radius 2 is 2.05 bits per heavy atom. The van der Waals surface area contributed by atoms with Crippen LogP contribution in [0.5, 0.6) is 0 Å². The van der Waals surface area contributed by atoms with E-state index in [0.717, 1.165) is 31.1 Å². The van der Waals surface area contributed by atoms with Gasteiger partial charge in [-0.15, -0.1) is 0 Å². The third kappa shape index (κ3) is 2.87. The van der Waals surface area contributed by atoms with Crippen LogP contribution in [0.3, 0.4) is 0 Å². The molecule has 112 valence electrons. The van der Waals surface area contributed by atoms with E-state index in [1.165, 1.54) is 11.1 Å². The highest BCUT2D eigenvalue weighted by molar-refractivity contribution is 5.25. The van der Waals surface area contributed by atoms with Gasteiger partial charge in [0.25, 0.3) is 0 Å². The standard InChI is InChI=1S/C17H23N3O/c1-12-17(14(3)21-19-12)13(2)20-10-9-18-16(11-20)15-7-5-4-6-8-15/h4-8,13,16,18H,9-11H2,1-3H3. The zero-order chi connectivity index (χ0) is 14.8. The molecular formula is C17H23N3O. The van der Waals surface area contributed by atoms with Crippen LogP contribution in [0.15, 0.2) is 34.9 Å². The van der Waals surface area contributed by atoms with E-state index in [1.54, 1.807) is 0 Å². The quantitative estimate of drug-likeness (QED) is 0.941. The van der Waals surface area contributed by atoms with Crippen LogP contribution in [0.4, 0.5) is 0 Å². The molecule has 0 spiro atoms. The Morgan fingerprint density at radius 3 is 2.71 bits per heavy atom. The second-order valence-electron chi connectivity index (χ2n) is 5.83. The van der Waals surface area contributed by atoms with Crippen LogP contribution in [0.25, 0.3) is 0 Å². The van der Waals surface area contributed by atoms with Gasteiger partial charge < -0.3 is 9.84 Å². The Hall–Kier alpha value is -1.65. The van der Waals surface area contributed by atoms with E-state index in [1.807, 2.05) is 13.8 Å². The van der Waals surface area contributed by atoms with E-state index < -0.39 is 0 Å². The van der Waals surface area contributed by atoms with Crippen LogP contribution >= 0.6 is 0 Å². The third-order valence-corrected chi connectivity index (χ3v) is 4.46. The zero-order valence-corrected chi connectivity index (χ0v) is 13.0. The average Bonchev–Trinajstić information content (AvgIpc) is 2.86.